The molecule has 0 aliphatic carbocycles. The fourth-order valence-corrected chi connectivity index (χ4v) is 11.3. The van der Waals surface area contributed by atoms with Crippen molar-refractivity contribution in [1.29, 1.82) is 0 Å². The number of hydrogen-bond acceptors (Lipinski definition) is 15. The molecule has 0 heterocycles. The van der Waals surface area contributed by atoms with Crippen molar-refractivity contribution >= 4 is 39.5 Å². The zero-order valence-corrected chi connectivity index (χ0v) is 56.0. The number of ether oxygens (including phenoxy) is 4. The van der Waals surface area contributed by atoms with Crippen LogP contribution in [0.2, 0.25) is 0 Å². The van der Waals surface area contributed by atoms with Crippen LogP contribution in [0.5, 0.6) is 0 Å². The van der Waals surface area contributed by atoms with Crippen molar-refractivity contribution in [2.24, 2.45) is 11.8 Å². The molecule has 84 heavy (non-hydrogen) atoms. The van der Waals surface area contributed by atoms with E-state index in [9.17, 15) is 43.2 Å². The van der Waals surface area contributed by atoms with Crippen molar-refractivity contribution < 1.29 is 80.2 Å². The number of carbonyl (C=O) groups is 4. The number of phosphoric ester groups is 2. The maximum atomic E-state index is 13.0. The Bertz CT molecular complexity index is 1650. The Morgan fingerprint density at radius 2 is 0.548 bits per heavy atom. The topological polar surface area (TPSA) is 237 Å². The van der Waals surface area contributed by atoms with Crippen LogP contribution in [-0.4, -0.2) is 96.7 Å². The summed E-state index contributed by atoms with van der Waals surface area (Å²) in [6, 6.07) is 0. The lowest BCUT2D eigenvalue weighted by Crippen LogP contribution is -2.30. The third kappa shape index (κ3) is 59.0. The Labute approximate surface area is 511 Å². The van der Waals surface area contributed by atoms with E-state index in [0.717, 1.165) is 108 Å². The first-order chi connectivity index (χ1) is 40.4. The molecule has 0 aliphatic rings. The summed E-state index contributed by atoms with van der Waals surface area (Å²) in [6.07, 6.45) is 41.2. The molecular weight excluding hydrogens is 1110 g/mol. The number of unbranched alkanes of at least 4 members (excludes halogenated alkanes) is 34. The third-order valence-electron chi connectivity index (χ3n) is 15.0. The average molecular weight is 1240 g/mol. The third-order valence-corrected chi connectivity index (χ3v) is 16.9. The van der Waals surface area contributed by atoms with Gasteiger partial charge in [-0.25, -0.2) is 9.13 Å². The maximum absolute atomic E-state index is 13.0. The Morgan fingerprint density at radius 1 is 0.321 bits per heavy atom. The lowest BCUT2D eigenvalue weighted by atomic mass is 10.0. The normalized spacial score (nSPS) is 14.3. The van der Waals surface area contributed by atoms with Gasteiger partial charge in [-0.3, -0.25) is 37.3 Å². The van der Waals surface area contributed by atoms with E-state index in [0.29, 0.717) is 25.7 Å². The molecule has 0 rings (SSSR count). The van der Waals surface area contributed by atoms with Crippen LogP contribution in [-0.2, 0) is 65.4 Å². The van der Waals surface area contributed by atoms with Gasteiger partial charge in [0.25, 0.3) is 0 Å². The van der Waals surface area contributed by atoms with Gasteiger partial charge in [0, 0.05) is 25.7 Å². The van der Waals surface area contributed by atoms with E-state index in [-0.39, 0.29) is 25.7 Å². The first-order valence-corrected chi connectivity index (χ1v) is 37.0. The predicted octanol–water partition coefficient (Wildman–Crippen LogP) is 18.0. The van der Waals surface area contributed by atoms with Crippen LogP contribution < -0.4 is 0 Å². The Balaban J connectivity index is 5.09. The number of rotatable bonds is 64. The largest absolute Gasteiger partial charge is 0.472 e. The van der Waals surface area contributed by atoms with E-state index in [1.807, 2.05) is 0 Å². The molecule has 0 spiro atoms. The highest BCUT2D eigenvalue weighted by molar-refractivity contribution is 7.47. The van der Waals surface area contributed by atoms with E-state index < -0.39 is 97.5 Å². The van der Waals surface area contributed by atoms with E-state index >= 15 is 0 Å². The van der Waals surface area contributed by atoms with E-state index in [1.165, 1.54) is 135 Å². The Morgan fingerprint density at radius 3 is 0.810 bits per heavy atom. The van der Waals surface area contributed by atoms with Gasteiger partial charge in [-0.15, -0.1) is 0 Å². The van der Waals surface area contributed by atoms with Crippen LogP contribution in [0.3, 0.4) is 0 Å². The SMILES string of the molecule is CCCCCCCC(=O)OC[C@H](COP(=O)(O)OC[C@H](O)COP(=O)(O)OC[C@@H](COC(=O)CCCCCCCCCCCCCCCCC(C)C)OC(=O)CCCCCCCCCCCCCCCCC(C)C)OC(=O)CCCCCCC. The van der Waals surface area contributed by atoms with Crippen molar-refractivity contribution in [2.45, 2.75) is 342 Å². The summed E-state index contributed by atoms with van der Waals surface area (Å²) in [6.45, 7) is 9.37. The number of phosphoric acid groups is 2. The second kappa shape index (κ2) is 57.5. The van der Waals surface area contributed by atoms with Gasteiger partial charge < -0.3 is 33.8 Å². The van der Waals surface area contributed by atoms with E-state index in [2.05, 4.69) is 41.5 Å². The highest BCUT2D eigenvalue weighted by Gasteiger charge is 2.30. The summed E-state index contributed by atoms with van der Waals surface area (Å²) < 4.78 is 67.6. The molecule has 2 unspecified atom stereocenters. The van der Waals surface area contributed by atoms with Crippen LogP contribution in [0, 0.1) is 11.8 Å². The molecule has 0 aromatic heterocycles. The van der Waals surface area contributed by atoms with E-state index in [4.69, 9.17) is 37.0 Å². The molecular formula is C65H126O17P2. The summed E-state index contributed by atoms with van der Waals surface area (Å²) in [5, 5.41) is 10.5. The van der Waals surface area contributed by atoms with Gasteiger partial charge in [0.15, 0.2) is 12.2 Å². The number of hydrogen-bond donors (Lipinski definition) is 3. The quantitative estimate of drug-likeness (QED) is 0.0222. The van der Waals surface area contributed by atoms with Crippen LogP contribution >= 0.6 is 15.6 Å². The number of aliphatic hydroxyl groups excluding tert-OH is 1. The lowest BCUT2D eigenvalue weighted by Gasteiger charge is -2.21. The fraction of sp³-hybridized carbons (Fsp3) is 0.938. The Hall–Kier alpha value is -1.94. The molecule has 17 nitrogen and oxygen atoms in total. The smallest absolute Gasteiger partial charge is 0.462 e. The summed E-state index contributed by atoms with van der Waals surface area (Å²) in [7, 11) is -9.87. The fourth-order valence-electron chi connectivity index (χ4n) is 9.71. The summed E-state index contributed by atoms with van der Waals surface area (Å²) in [5.74, 6) is -0.560. The molecule has 498 valence electrons. The van der Waals surface area contributed by atoms with Crippen LogP contribution in [0.25, 0.3) is 0 Å². The minimum absolute atomic E-state index is 0.0987. The van der Waals surface area contributed by atoms with Gasteiger partial charge >= 0.3 is 39.5 Å². The molecule has 0 amide bonds. The second-order valence-corrected chi connectivity index (χ2v) is 27.4. The highest BCUT2D eigenvalue weighted by atomic mass is 31.2. The summed E-state index contributed by atoms with van der Waals surface area (Å²) in [4.78, 5) is 71.7. The predicted molar refractivity (Wildman–Crippen MR) is 335 cm³/mol. The van der Waals surface area contributed by atoms with Gasteiger partial charge in [0.1, 0.15) is 19.3 Å². The zero-order chi connectivity index (χ0) is 62.2. The molecule has 0 aliphatic heterocycles. The first-order valence-electron chi connectivity index (χ1n) is 34.0. The number of esters is 4. The molecule has 0 radical (unpaired) electrons. The Kier molecular flexibility index (Phi) is 56.2. The molecule has 0 fully saturated rings. The van der Waals surface area contributed by atoms with Crippen molar-refractivity contribution in [3.63, 3.8) is 0 Å². The molecule has 0 aromatic rings. The van der Waals surface area contributed by atoms with Crippen molar-refractivity contribution in [3.05, 3.63) is 0 Å². The average Bonchev–Trinajstić information content (AvgIpc) is 3.52. The standard InChI is InChI=1S/C65H126O17P2/c1-7-9-11-33-41-47-62(67)75-53-60(81-64(69)49-43-34-12-10-8-2)55-79-83(71,72)77-51-59(66)52-78-84(73,74)80-56-61(82-65(70)50-44-38-32-28-24-20-16-14-18-22-26-30-36-40-46-58(5)6)54-76-63(68)48-42-37-31-27-23-19-15-13-17-21-25-29-35-39-45-57(3)4/h57-61,66H,7-56H2,1-6H3,(H,71,72)(H,73,74)/t59-,60+,61+/m0/s1. The minimum atomic E-state index is -4.94. The van der Waals surface area contributed by atoms with Gasteiger partial charge in [-0.2, -0.15) is 0 Å². The maximum Gasteiger partial charge on any atom is 0.472 e. The van der Waals surface area contributed by atoms with Crippen LogP contribution in [0.4, 0.5) is 0 Å². The van der Waals surface area contributed by atoms with Crippen LogP contribution in [0.15, 0.2) is 0 Å². The molecule has 0 saturated heterocycles. The van der Waals surface area contributed by atoms with Crippen LogP contribution in [0.1, 0.15) is 324 Å². The van der Waals surface area contributed by atoms with Crippen molar-refractivity contribution in [2.75, 3.05) is 39.6 Å². The zero-order valence-electron chi connectivity index (χ0n) is 54.2. The van der Waals surface area contributed by atoms with Gasteiger partial charge in [0.2, 0.25) is 0 Å². The molecule has 5 atom stereocenters. The van der Waals surface area contributed by atoms with Crippen molar-refractivity contribution in [1.82, 2.24) is 0 Å². The minimum Gasteiger partial charge on any atom is -0.462 e. The van der Waals surface area contributed by atoms with E-state index in [1.54, 1.807) is 0 Å². The van der Waals surface area contributed by atoms with Gasteiger partial charge in [-0.05, 0) is 37.5 Å². The molecule has 19 heteroatoms. The molecule has 0 aromatic carbocycles. The lowest BCUT2D eigenvalue weighted by molar-refractivity contribution is -0.161. The second-order valence-electron chi connectivity index (χ2n) is 24.5. The molecule has 0 saturated carbocycles. The molecule has 3 N–H and O–H groups in total. The monoisotopic (exact) mass is 1240 g/mol. The van der Waals surface area contributed by atoms with Gasteiger partial charge in [0.05, 0.1) is 26.4 Å². The summed E-state index contributed by atoms with van der Waals surface area (Å²) in [5.41, 5.74) is 0. The van der Waals surface area contributed by atoms with Gasteiger partial charge in [-0.1, -0.05) is 273 Å². The summed E-state index contributed by atoms with van der Waals surface area (Å²) >= 11 is 0. The number of aliphatic hydroxyl groups is 1. The molecule has 0 bridgehead atoms. The highest BCUT2D eigenvalue weighted by Crippen LogP contribution is 2.45. The van der Waals surface area contributed by atoms with Crippen molar-refractivity contribution in [3.8, 4) is 0 Å². The number of carbonyl (C=O) groups excluding carboxylic acids is 4. The first kappa shape index (κ1) is 82.1.